The predicted octanol–water partition coefficient (Wildman–Crippen LogP) is 4.46. The van der Waals surface area contributed by atoms with Gasteiger partial charge in [0, 0.05) is 15.6 Å². The van der Waals surface area contributed by atoms with Crippen molar-refractivity contribution in [1.82, 2.24) is 4.98 Å². The van der Waals surface area contributed by atoms with Gasteiger partial charge in [0.05, 0.1) is 10.0 Å². The van der Waals surface area contributed by atoms with Crippen molar-refractivity contribution in [2.75, 3.05) is 0 Å². The largest absolute Gasteiger partial charge is 0.478 e. The molecule has 0 fully saturated rings. The Morgan fingerprint density at radius 1 is 1.22 bits per heavy atom. The van der Waals surface area contributed by atoms with Crippen LogP contribution in [0.15, 0.2) is 55.4 Å². The van der Waals surface area contributed by atoms with E-state index in [0.29, 0.717) is 0 Å². The van der Waals surface area contributed by atoms with E-state index in [9.17, 15) is 4.79 Å². The molecule has 0 spiro atoms. The van der Waals surface area contributed by atoms with Crippen molar-refractivity contribution in [3.8, 4) is 0 Å². The molecule has 0 unspecified atom stereocenters. The van der Waals surface area contributed by atoms with E-state index in [1.54, 1.807) is 24.4 Å². The van der Waals surface area contributed by atoms with Gasteiger partial charge in [0.2, 0.25) is 0 Å². The van der Waals surface area contributed by atoms with Gasteiger partial charge in [-0.15, -0.1) is 0 Å². The van der Waals surface area contributed by atoms with Crippen LogP contribution in [-0.2, 0) is 0 Å². The van der Waals surface area contributed by atoms with E-state index in [0.717, 1.165) is 18.9 Å². The minimum Gasteiger partial charge on any atom is -0.478 e. The molecule has 0 aliphatic rings. The summed E-state index contributed by atoms with van der Waals surface area (Å²) in [6, 6.07) is 8.68. The fraction of sp³-hybridized carbons (Fsp3) is 0. The second-order valence-corrected chi connectivity index (χ2v) is 6.08. The van der Waals surface area contributed by atoms with E-state index in [1.807, 2.05) is 12.1 Å². The van der Waals surface area contributed by atoms with Crippen molar-refractivity contribution < 1.29 is 9.90 Å². The molecule has 2 rings (SSSR count). The van der Waals surface area contributed by atoms with Crippen molar-refractivity contribution in [1.29, 1.82) is 0 Å². The van der Waals surface area contributed by atoms with E-state index < -0.39 is 5.97 Å². The third-order valence-electron chi connectivity index (χ3n) is 2.11. The Labute approximate surface area is 125 Å². The number of rotatable bonds is 3. The molecule has 18 heavy (non-hydrogen) atoms. The van der Waals surface area contributed by atoms with Crippen molar-refractivity contribution in [2.45, 2.75) is 9.92 Å². The van der Waals surface area contributed by atoms with Crippen LogP contribution in [0, 0.1) is 0 Å². The Morgan fingerprint density at radius 2 is 2.00 bits per heavy atom. The lowest BCUT2D eigenvalue weighted by atomic mass is 10.2. The van der Waals surface area contributed by atoms with Gasteiger partial charge in [0.25, 0.3) is 0 Å². The lowest BCUT2D eigenvalue weighted by molar-refractivity contribution is 0.0696. The first kappa shape index (κ1) is 13.6. The summed E-state index contributed by atoms with van der Waals surface area (Å²) in [5, 5.41) is 9.72. The Kier molecular flexibility index (Phi) is 4.42. The summed E-state index contributed by atoms with van der Waals surface area (Å²) in [6.07, 6.45) is 1.71. The van der Waals surface area contributed by atoms with Gasteiger partial charge in [-0.05, 0) is 62.2 Å². The zero-order valence-electron chi connectivity index (χ0n) is 8.93. The Bertz CT molecular complexity index is 604. The SMILES string of the molecule is O=C(O)c1ccc(Sc2ncccc2Br)c(Br)c1. The van der Waals surface area contributed by atoms with E-state index in [2.05, 4.69) is 36.8 Å². The molecule has 1 aromatic carbocycles. The summed E-state index contributed by atoms with van der Waals surface area (Å²) in [6.45, 7) is 0. The second kappa shape index (κ2) is 5.86. The Balaban J connectivity index is 2.30. The summed E-state index contributed by atoms with van der Waals surface area (Å²) >= 11 is 8.26. The molecular weight excluding hydrogens is 382 g/mol. The molecule has 1 aromatic heterocycles. The molecule has 6 heteroatoms. The maximum atomic E-state index is 10.8. The van der Waals surface area contributed by atoms with E-state index in [-0.39, 0.29) is 5.56 Å². The summed E-state index contributed by atoms with van der Waals surface area (Å²) in [7, 11) is 0. The first-order chi connectivity index (χ1) is 8.58. The van der Waals surface area contributed by atoms with Crippen molar-refractivity contribution in [2.24, 2.45) is 0 Å². The molecule has 0 amide bonds. The van der Waals surface area contributed by atoms with Gasteiger partial charge in [-0.3, -0.25) is 0 Å². The lowest BCUT2D eigenvalue weighted by Gasteiger charge is -2.06. The first-order valence-corrected chi connectivity index (χ1v) is 7.29. The summed E-state index contributed by atoms with van der Waals surface area (Å²) in [5.74, 6) is -0.939. The first-order valence-electron chi connectivity index (χ1n) is 4.89. The number of carboxylic acid groups (broad SMARTS) is 1. The molecule has 3 nitrogen and oxygen atoms in total. The van der Waals surface area contributed by atoms with E-state index >= 15 is 0 Å². The summed E-state index contributed by atoms with van der Waals surface area (Å²) in [4.78, 5) is 16.0. The number of carbonyl (C=O) groups is 1. The molecule has 0 aliphatic carbocycles. The third kappa shape index (κ3) is 3.13. The minimum absolute atomic E-state index is 0.256. The number of hydrogen-bond donors (Lipinski definition) is 1. The number of halogens is 2. The third-order valence-corrected chi connectivity index (χ3v) is 5.03. The van der Waals surface area contributed by atoms with E-state index in [1.165, 1.54) is 11.8 Å². The van der Waals surface area contributed by atoms with Crippen molar-refractivity contribution in [3.05, 3.63) is 51.0 Å². The van der Waals surface area contributed by atoms with Crippen LogP contribution in [0.5, 0.6) is 0 Å². The van der Waals surface area contributed by atoms with Crippen LogP contribution in [-0.4, -0.2) is 16.1 Å². The topological polar surface area (TPSA) is 50.2 Å². The normalized spacial score (nSPS) is 10.3. The van der Waals surface area contributed by atoms with Gasteiger partial charge in [0.15, 0.2) is 0 Å². The number of nitrogens with zero attached hydrogens (tertiary/aromatic N) is 1. The quantitative estimate of drug-likeness (QED) is 0.843. The predicted molar refractivity (Wildman–Crippen MR) is 77.2 cm³/mol. The molecule has 2 aromatic rings. The lowest BCUT2D eigenvalue weighted by Crippen LogP contribution is -1.95. The van der Waals surface area contributed by atoms with Crippen molar-refractivity contribution in [3.63, 3.8) is 0 Å². The molecule has 0 bridgehead atoms. The highest BCUT2D eigenvalue weighted by Crippen LogP contribution is 2.36. The fourth-order valence-electron chi connectivity index (χ4n) is 1.27. The van der Waals surface area contributed by atoms with Gasteiger partial charge in [0.1, 0.15) is 5.03 Å². The zero-order valence-corrected chi connectivity index (χ0v) is 12.9. The number of aromatic carboxylic acids is 1. The van der Waals surface area contributed by atoms with Gasteiger partial charge >= 0.3 is 5.97 Å². The molecule has 0 atom stereocenters. The van der Waals surface area contributed by atoms with Gasteiger partial charge < -0.3 is 5.11 Å². The summed E-state index contributed by atoms with van der Waals surface area (Å²) < 4.78 is 1.65. The number of hydrogen-bond acceptors (Lipinski definition) is 3. The van der Waals surface area contributed by atoms with Crippen LogP contribution >= 0.6 is 43.6 Å². The highest BCUT2D eigenvalue weighted by atomic mass is 79.9. The maximum Gasteiger partial charge on any atom is 0.335 e. The molecule has 1 heterocycles. The molecule has 0 aliphatic heterocycles. The fourth-order valence-corrected chi connectivity index (χ4v) is 3.17. The molecule has 1 N–H and O–H groups in total. The monoisotopic (exact) mass is 387 g/mol. The van der Waals surface area contributed by atoms with Gasteiger partial charge in [-0.1, -0.05) is 11.8 Å². The zero-order chi connectivity index (χ0) is 13.1. The molecular formula is C12H7Br2NO2S. The van der Waals surface area contributed by atoms with Crippen LogP contribution in [0.1, 0.15) is 10.4 Å². The van der Waals surface area contributed by atoms with Crippen LogP contribution in [0.25, 0.3) is 0 Å². The molecule has 0 radical (unpaired) electrons. The second-order valence-electron chi connectivity index (χ2n) is 3.34. The van der Waals surface area contributed by atoms with Crippen molar-refractivity contribution >= 4 is 49.6 Å². The minimum atomic E-state index is -0.939. The van der Waals surface area contributed by atoms with Crippen LogP contribution in [0.2, 0.25) is 0 Å². The summed E-state index contributed by atoms with van der Waals surface area (Å²) in [5.41, 5.74) is 0.256. The highest BCUT2D eigenvalue weighted by Gasteiger charge is 2.09. The number of pyridine rings is 1. The smallest absolute Gasteiger partial charge is 0.335 e. The number of carboxylic acids is 1. The Hall–Kier alpha value is -0.850. The standard InChI is InChI=1S/C12H7Br2NO2S/c13-8-2-1-5-15-11(8)18-10-4-3-7(12(16)17)6-9(10)14/h1-6H,(H,16,17). The molecule has 0 saturated heterocycles. The number of aromatic nitrogens is 1. The van der Waals surface area contributed by atoms with E-state index in [4.69, 9.17) is 5.11 Å². The van der Waals surface area contributed by atoms with Gasteiger partial charge in [-0.25, -0.2) is 9.78 Å². The van der Waals surface area contributed by atoms with Crippen LogP contribution in [0.4, 0.5) is 0 Å². The Morgan fingerprint density at radius 3 is 2.61 bits per heavy atom. The van der Waals surface area contributed by atoms with Crippen LogP contribution < -0.4 is 0 Å². The highest BCUT2D eigenvalue weighted by molar-refractivity contribution is 9.11. The average molecular weight is 389 g/mol. The average Bonchev–Trinajstić information content (AvgIpc) is 2.34. The number of benzene rings is 1. The van der Waals surface area contributed by atoms with Gasteiger partial charge in [-0.2, -0.15) is 0 Å². The molecule has 92 valence electrons. The van der Waals surface area contributed by atoms with Crippen LogP contribution in [0.3, 0.4) is 0 Å². The molecule has 0 saturated carbocycles. The maximum absolute atomic E-state index is 10.8.